The van der Waals surface area contributed by atoms with Gasteiger partial charge < -0.3 is 15.0 Å². The monoisotopic (exact) mass is 518 g/mol. The number of carbonyl (C=O) groups is 2. The zero-order chi connectivity index (χ0) is 26.2. The first kappa shape index (κ1) is 26.7. The molecule has 37 heavy (non-hydrogen) atoms. The van der Waals surface area contributed by atoms with Crippen molar-refractivity contribution in [2.75, 3.05) is 6.61 Å². The smallest absolute Gasteiger partial charge is 0.261 e. The van der Waals surface area contributed by atoms with Gasteiger partial charge >= 0.3 is 0 Å². The molecule has 0 heterocycles. The molecule has 4 rings (SSSR count). The maximum absolute atomic E-state index is 13.7. The van der Waals surface area contributed by atoms with Gasteiger partial charge in [-0.2, -0.15) is 0 Å². The van der Waals surface area contributed by atoms with Gasteiger partial charge in [0.1, 0.15) is 11.8 Å². The van der Waals surface area contributed by atoms with E-state index in [0.29, 0.717) is 17.2 Å². The summed E-state index contributed by atoms with van der Waals surface area (Å²) in [6.07, 6.45) is 4.59. The lowest BCUT2D eigenvalue weighted by atomic mass is 10.0. The first-order valence-electron chi connectivity index (χ1n) is 13.0. The van der Waals surface area contributed by atoms with E-state index in [0.717, 1.165) is 47.9 Å². The van der Waals surface area contributed by atoms with E-state index in [4.69, 9.17) is 16.3 Å². The first-order valence-corrected chi connectivity index (χ1v) is 13.3. The van der Waals surface area contributed by atoms with Crippen molar-refractivity contribution in [3.8, 4) is 5.75 Å². The molecule has 0 radical (unpaired) electrons. The Kier molecular flexibility index (Phi) is 9.24. The summed E-state index contributed by atoms with van der Waals surface area (Å²) in [5.41, 5.74) is 3.95. The zero-order valence-electron chi connectivity index (χ0n) is 21.6. The van der Waals surface area contributed by atoms with Crippen LogP contribution in [-0.4, -0.2) is 35.4 Å². The molecule has 5 nitrogen and oxygen atoms in total. The van der Waals surface area contributed by atoms with E-state index in [2.05, 4.69) is 5.32 Å². The molecule has 0 unspecified atom stereocenters. The number of amides is 2. The number of nitrogens with one attached hydrogen (secondary N) is 1. The Labute approximate surface area is 224 Å². The van der Waals surface area contributed by atoms with Gasteiger partial charge in [0.25, 0.3) is 5.91 Å². The molecular weight excluding hydrogens is 484 g/mol. The fourth-order valence-corrected chi connectivity index (χ4v) is 5.15. The van der Waals surface area contributed by atoms with Gasteiger partial charge in [-0.25, -0.2) is 0 Å². The van der Waals surface area contributed by atoms with E-state index in [9.17, 15) is 9.59 Å². The molecule has 1 aliphatic carbocycles. The topological polar surface area (TPSA) is 58.6 Å². The van der Waals surface area contributed by atoms with Crippen LogP contribution in [0.4, 0.5) is 0 Å². The van der Waals surface area contributed by atoms with Crippen LogP contribution in [0.25, 0.3) is 0 Å². The van der Waals surface area contributed by atoms with Crippen LogP contribution in [0.15, 0.2) is 72.8 Å². The number of halogens is 1. The molecular formula is C31H35ClN2O3. The summed E-state index contributed by atoms with van der Waals surface area (Å²) >= 11 is 6.26. The molecule has 3 aromatic rings. The molecule has 1 fully saturated rings. The highest BCUT2D eigenvalue weighted by Crippen LogP contribution is 2.22. The molecule has 0 saturated heterocycles. The molecule has 1 saturated carbocycles. The largest absolute Gasteiger partial charge is 0.483 e. The standard InChI is InChI=1S/C31H35ClN2O3/c1-22-15-16-29(23(2)17-22)37-21-30(35)34(20-25-11-8-12-26(32)18-25)28(19-24-9-4-3-5-10-24)31(36)33-27-13-6-7-14-27/h3-5,8-12,15-18,27-28H,6-7,13-14,19-21H2,1-2H3,(H,33,36)/t28-/m1/s1. The van der Waals surface area contributed by atoms with Crippen LogP contribution in [0, 0.1) is 13.8 Å². The maximum Gasteiger partial charge on any atom is 0.261 e. The van der Waals surface area contributed by atoms with Crippen molar-refractivity contribution in [3.63, 3.8) is 0 Å². The van der Waals surface area contributed by atoms with Crippen LogP contribution in [-0.2, 0) is 22.6 Å². The van der Waals surface area contributed by atoms with Gasteiger partial charge in [0.15, 0.2) is 6.61 Å². The van der Waals surface area contributed by atoms with Crippen molar-refractivity contribution in [1.29, 1.82) is 0 Å². The summed E-state index contributed by atoms with van der Waals surface area (Å²) in [4.78, 5) is 29.1. The molecule has 0 spiro atoms. The minimum atomic E-state index is -0.683. The molecule has 1 N–H and O–H groups in total. The van der Waals surface area contributed by atoms with Gasteiger partial charge in [0, 0.05) is 24.0 Å². The third kappa shape index (κ3) is 7.59. The van der Waals surface area contributed by atoms with Crippen LogP contribution in [0.1, 0.15) is 47.9 Å². The Morgan fingerprint density at radius 2 is 1.70 bits per heavy atom. The molecule has 6 heteroatoms. The number of ether oxygens (including phenoxy) is 1. The van der Waals surface area contributed by atoms with Crippen LogP contribution >= 0.6 is 11.6 Å². The highest BCUT2D eigenvalue weighted by Gasteiger charge is 2.32. The lowest BCUT2D eigenvalue weighted by Gasteiger charge is -2.32. The highest BCUT2D eigenvalue weighted by molar-refractivity contribution is 6.30. The van der Waals surface area contributed by atoms with Gasteiger partial charge in [-0.3, -0.25) is 9.59 Å². The lowest BCUT2D eigenvalue weighted by molar-refractivity contribution is -0.143. The number of benzene rings is 3. The molecule has 1 aliphatic rings. The minimum absolute atomic E-state index is 0.127. The Hall–Kier alpha value is -3.31. The van der Waals surface area contributed by atoms with Crippen molar-refractivity contribution < 1.29 is 14.3 Å². The molecule has 1 atom stereocenters. The van der Waals surface area contributed by atoms with Gasteiger partial charge in [-0.15, -0.1) is 0 Å². The van der Waals surface area contributed by atoms with Gasteiger partial charge in [-0.05, 0) is 61.6 Å². The van der Waals surface area contributed by atoms with Crippen molar-refractivity contribution in [1.82, 2.24) is 10.2 Å². The quantitative estimate of drug-likeness (QED) is 0.356. The van der Waals surface area contributed by atoms with E-state index in [-0.39, 0.29) is 31.0 Å². The third-order valence-electron chi connectivity index (χ3n) is 6.90. The number of nitrogens with zero attached hydrogens (tertiary/aromatic N) is 1. The summed E-state index contributed by atoms with van der Waals surface area (Å²) in [5, 5.41) is 3.81. The normalized spacial score (nSPS) is 14.2. The van der Waals surface area contributed by atoms with E-state index in [1.807, 2.05) is 80.6 Å². The molecule has 0 aliphatic heterocycles. The number of hydrogen-bond acceptors (Lipinski definition) is 3. The second kappa shape index (κ2) is 12.8. The van der Waals surface area contributed by atoms with Gasteiger partial charge in [-0.1, -0.05) is 84.6 Å². The molecule has 3 aromatic carbocycles. The summed E-state index contributed by atoms with van der Waals surface area (Å²) in [6, 6.07) is 22.6. The molecule has 0 bridgehead atoms. The minimum Gasteiger partial charge on any atom is -0.483 e. The average Bonchev–Trinajstić information content (AvgIpc) is 3.39. The summed E-state index contributed by atoms with van der Waals surface area (Å²) in [7, 11) is 0. The van der Waals surface area contributed by atoms with Crippen LogP contribution in [0.3, 0.4) is 0 Å². The molecule has 0 aromatic heterocycles. The van der Waals surface area contributed by atoms with Crippen LogP contribution in [0.5, 0.6) is 5.75 Å². The number of aryl methyl sites for hydroxylation is 2. The van der Waals surface area contributed by atoms with E-state index < -0.39 is 6.04 Å². The fraction of sp³-hybridized carbons (Fsp3) is 0.355. The summed E-state index contributed by atoms with van der Waals surface area (Å²) in [5.74, 6) is 0.289. The Morgan fingerprint density at radius 1 is 0.973 bits per heavy atom. The van der Waals surface area contributed by atoms with Crippen LogP contribution in [0.2, 0.25) is 5.02 Å². The van der Waals surface area contributed by atoms with Crippen molar-refractivity contribution in [3.05, 3.63) is 100 Å². The zero-order valence-corrected chi connectivity index (χ0v) is 22.3. The lowest BCUT2D eigenvalue weighted by Crippen LogP contribution is -2.53. The van der Waals surface area contributed by atoms with Crippen molar-refractivity contribution in [2.45, 2.75) is 64.6 Å². The Bertz CT molecular complexity index is 1210. The molecule has 194 valence electrons. The summed E-state index contributed by atoms with van der Waals surface area (Å²) < 4.78 is 5.96. The Balaban J connectivity index is 1.62. The first-order chi connectivity index (χ1) is 17.9. The summed E-state index contributed by atoms with van der Waals surface area (Å²) in [6.45, 7) is 4.08. The second-order valence-corrected chi connectivity index (χ2v) is 10.3. The van der Waals surface area contributed by atoms with Gasteiger partial charge in [0.2, 0.25) is 5.91 Å². The fourth-order valence-electron chi connectivity index (χ4n) is 4.94. The van der Waals surface area contributed by atoms with E-state index in [1.165, 1.54) is 0 Å². The molecule has 2 amide bonds. The van der Waals surface area contributed by atoms with Crippen LogP contribution < -0.4 is 10.1 Å². The predicted molar refractivity (Wildman–Crippen MR) is 148 cm³/mol. The van der Waals surface area contributed by atoms with Crippen molar-refractivity contribution in [2.24, 2.45) is 0 Å². The predicted octanol–water partition coefficient (Wildman–Crippen LogP) is 6.03. The van der Waals surface area contributed by atoms with Gasteiger partial charge in [0.05, 0.1) is 0 Å². The second-order valence-electron chi connectivity index (χ2n) is 9.90. The number of hydrogen-bond donors (Lipinski definition) is 1. The Morgan fingerprint density at radius 3 is 2.41 bits per heavy atom. The third-order valence-corrected chi connectivity index (χ3v) is 7.13. The number of carbonyl (C=O) groups excluding carboxylic acids is 2. The maximum atomic E-state index is 13.7. The average molecular weight is 519 g/mol. The van der Waals surface area contributed by atoms with Crippen molar-refractivity contribution >= 4 is 23.4 Å². The van der Waals surface area contributed by atoms with E-state index in [1.54, 1.807) is 11.0 Å². The van der Waals surface area contributed by atoms with E-state index >= 15 is 0 Å². The SMILES string of the molecule is Cc1ccc(OCC(=O)N(Cc2cccc(Cl)c2)[C@H](Cc2ccccc2)C(=O)NC2CCCC2)c(C)c1. The highest BCUT2D eigenvalue weighted by atomic mass is 35.5. The number of rotatable bonds is 10.